The molecule has 0 radical (unpaired) electrons. The van der Waals surface area contributed by atoms with Gasteiger partial charge in [-0.15, -0.1) is 0 Å². The molecule has 0 aliphatic carbocycles. The van der Waals surface area contributed by atoms with Crippen LogP contribution >= 0.6 is 11.6 Å². The molecule has 94 valence electrons. The molecule has 2 aromatic carbocycles. The smallest absolute Gasteiger partial charge is 0.166 e. The minimum absolute atomic E-state index is 0.0145. The second-order valence-corrected chi connectivity index (χ2v) is 4.05. The number of halogens is 3. The standard InChI is InChI=1S/C13H10ClF2NO/c14-10-6-9(15)2-4-12(10)18-13-3-1-8(7-17)5-11(13)16/h1-6H,7,17H2. The van der Waals surface area contributed by atoms with Crippen molar-refractivity contribution in [3.05, 3.63) is 58.6 Å². The molecular weight excluding hydrogens is 260 g/mol. The molecule has 0 bridgehead atoms. The summed E-state index contributed by atoms with van der Waals surface area (Å²) in [6, 6.07) is 8.02. The summed E-state index contributed by atoms with van der Waals surface area (Å²) < 4.78 is 31.8. The molecule has 0 aromatic heterocycles. The highest BCUT2D eigenvalue weighted by Crippen LogP contribution is 2.31. The van der Waals surface area contributed by atoms with Crippen LogP contribution in [0.25, 0.3) is 0 Å². The molecule has 0 atom stereocenters. The van der Waals surface area contributed by atoms with Crippen molar-refractivity contribution >= 4 is 11.6 Å². The molecule has 2 rings (SSSR count). The van der Waals surface area contributed by atoms with E-state index < -0.39 is 11.6 Å². The van der Waals surface area contributed by atoms with Gasteiger partial charge in [-0.25, -0.2) is 8.78 Å². The molecule has 18 heavy (non-hydrogen) atoms. The first-order valence-corrected chi connectivity index (χ1v) is 5.59. The van der Waals surface area contributed by atoms with Gasteiger partial charge in [0.15, 0.2) is 11.6 Å². The van der Waals surface area contributed by atoms with Crippen molar-refractivity contribution in [3.63, 3.8) is 0 Å². The van der Waals surface area contributed by atoms with Gasteiger partial charge in [-0.2, -0.15) is 0 Å². The first-order chi connectivity index (χ1) is 8.60. The zero-order valence-corrected chi connectivity index (χ0v) is 10.0. The average molecular weight is 270 g/mol. The summed E-state index contributed by atoms with van der Waals surface area (Å²) in [6.45, 7) is 0.245. The van der Waals surface area contributed by atoms with Gasteiger partial charge in [-0.1, -0.05) is 17.7 Å². The zero-order chi connectivity index (χ0) is 13.1. The molecule has 2 N–H and O–H groups in total. The van der Waals surface area contributed by atoms with E-state index in [1.807, 2.05) is 0 Å². The predicted octanol–water partition coefficient (Wildman–Crippen LogP) is 3.87. The van der Waals surface area contributed by atoms with E-state index in [2.05, 4.69) is 0 Å². The zero-order valence-electron chi connectivity index (χ0n) is 9.29. The van der Waals surface area contributed by atoms with Gasteiger partial charge >= 0.3 is 0 Å². The molecule has 0 aliphatic heterocycles. The van der Waals surface area contributed by atoms with E-state index in [-0.39, 0.29) is 23.1 Å². The van der Waals surface area contributed by atoms with Crippen molar-refractivity contribution in [2.75, 3.05) is 0 Å². The van der Waals surface area contributed by atoms with Gasteiger partial charge in [0.1, 0.15) is 11.6 Å². The maximum atomic E-state index is 13.6. The summed E-state index contributed by atoms with van der Waals surface area (Å²) in [5, 5.41) is 0.0808. The number of hydrogen-bond acceptors (Lipinski definition) is 2. The van der Waals surface area contributed by atoms with Crippen molar-refractivity contribution in [2.24, 2.45) is 5.73 Å². The van der Waals surface area contributed by atoms with E-state index in [1.54, 1.807) is 6.07 Å². The Labute approximate surface area is 108 Å². The summed E-state index contributed by atoms with van der Waals surface area (Å²) in [6.07, 6.45) is 0. The van der Waals surface area contributed by atoms with Crippen LogP contribution in [0.1, 0.15) is 5.56 Å². The number of nitrogens with two attached hydrogens (primary N) is 1. The predicted molar refractivity (Wildman–Crippen MR) is 65.8 cm³/mol. The van der Waals surface area contributed by atoms with E-state index in [9.17, 15) is 8.78 Å². The molecule has 0 spiro atoms. The van der Waals surface area contributed by atoms with E-state index in [1.165, 1.54) is 24.3 Å². The number of rotatable bonds is 3. The van der Waals surface area contributed by atoms with Crippen LogP contribution in [0.5, 0.6) is 11.5 Å². The minimum atomic E-state index is -0.543. The number of benzene rings is 2. The normalized spacial score (nSPS) is 10.4. The van der Waals surface area contributed by atoms with Crippen LogP contribution in [0, 0.1) is 11.6 Å². The molecule has 0 amide bonds. The van der Waals surface area contributed by atoms with Gasteiger partial charge in [0.2, 0.25) is 0 Å². The monoisotopic (exact) mass is 269 g/mol. The Kier molecular flexibility index (Phi) is 3.79. The lowest BCUT2D eigenvalue weighted by molar-refractivity contribution is 0.441. The van der Waals surface area contributed by atoms with Crippen LogP contribution in [0.4, 0.5) is 8.78 Å². The third-order valence-electron chi connectivity index (χ3n) is 2.35. The number of hydrogen-bond donors (Lipinski definition) is 1. The summed E-state index contributed by atoms with van der Waals surface area (Å²) in [4.78, 5) is 0. The largest absolute Gasteiger partial charge is 0.453 e. The Morgan fingerprint density at radius 3 is 2.39 bits per heavy atom. The summed E-state index contributed by atoms with van der Waals surface area (Å²) in [5.41, 5.74) is 6.05. The molecule has 0 aliphatic rings. The minimum Gasteiger partial charge on any atom is -0.453 e. The quantitative estimate of drug-likeness (QED) is 0.918. The topological polar surface area (TPSA) is 35.2 Å². The molecule has 0 fully saturated rings. The van der Waals surface area contributed by atoms with Gasteiger partial charge in [-0.05, 0) is 35.9 Å². The molecule has 2 nitrogen and oxygen atoms in total. The summed E-state index contributed by atoms with van der Waals surface area (Å²) in [5.74, 6) is -0.817. The molecular formula is C13H10ClF2NO. The van der Waals surface area contributed by atoms with Crippen LogP contribution in [0.15, 0.2) is 36.4 Å². The van der Waals surface area contributed by atoms with Crippen molar-refractivity contribution in [1.82, 2.24) is 0 Å². The summed E-state index contributed by atoms with van der Waals surface area (Å²) >= 11 is 5.78. The Balaban J connectivity index is 2.28. The van der Waals surface area contributed by atoms with Crippen LogP contribution in [0.2, 0.25) is 5.02 Å². The Morgan fingerprint density at radius 1 is 1.06 bits per heavy atom. The lowest BCUT2D eigenvalue weighted by Crippen LogP contribution is -1.97. The van der Waals surface area contributed by atoms with E-state index in [0.29, 0.717) is 5.56 Å². The van der Waals surface area contributed by atoms with Crippen molar-refractivity contribution in [1.29, 1.82) is 0 Å². The maximum absolute atomic E-state index is 13.6. The third-order valence-corrected chi connectivity index (χ3v) is 2.64. The van der Waals surface area contributed by atoms with Gasteiger partial charge in [0.25, 0.3) is 0 Å². The highest BCUT2D eigenvalue weighted by molar-refractivity contribution is 6.32. The van der Waals surface area contributed by atoms with Crippen LogP contribution in [-0.4, -0.2) is 0 Å². The molecule has 0 saturated carbocycles. The van der Waals surface area contributed by atoms with E-state index >= 15 is 0 Å². The molecule has 5 heteroatoms. The second kappa shape index (κ2) is 5.33. The molecule has 0 saturated heterocycles. The first-order valence-electron chi connectivity index (χ1n) is 5.21. The lowest BCUT2D eigenvalue weighted by atomic mass is 10.2. The van der Waals surface area contributed by atoms with Gasteiger partial charge in [0.05, 0.1) is 5.02 Å². The van der Waals surface area contributed by atoms with Crippen LogP contribution < -0.4 is 10.5 Å². The first kappa shape index (κ1) is 12.8. The third kappa shape index (κ3) is 2.78. The fourth-order valence-corrected chi connectivity index (χ4v) is 1.64. The molecule has 0 unspecified atom stereocenters. The summed E-state index contributed by atoms with van der Waals surface area (Å²) in [7, 11) is 0. The van der Waals surface area contributed by atoms with Crippen molar-refractivity contribution < 1.29 is 13.5 Å². The van der Waals surface area contributed by atoms with Crippen molar-refractivity contribution in [3.8, 4) is 11.5 Å². The molecule has 2 aromatic rings. The lowest BCUT2D eigenvalue weighted by Gasteiger charge is -2.09. The van der Waals surface area contributed by atoms with Crippen LogP contribution in [0.3, 0.4) is 0 Å². The van der Waals surface area contributed by atoms with E-state index in [0.717, 1.165) is 6.07 Å². The SMILES string of the molecule is NCc1ccc(Oc2ccc(F)cc2Cl)c(F)c1. The Hall–Kier alpha value is -1.65. The number of ether oxygens (including phenoxy) is 1. The van der Waals surface area contributed by atoms with Crippen molar-refractivity contribution in [2.45, 2.75) is 6.54 Å². The Morgan fingerprint density at radius 2 is 1.78 bits per heavy atom. The van der Waals surface area contributed by atoms with Gasteiger partial charge in [0, 0.05) is 6.54 Å². The highest BCUT2D eigenvalue weighted by atomic mass is 35.5. The Bertz CT molecular complexity index is 575. The van der Waals surface area contributed by atoms with Gasteiger partial charge in [-0.3, -0.25) is 0 Å². The fraction of sp³-hybridized carbons (Fsp3) is 0.0769. The molecule has 0 heterocycles. The van der Waals surface area contributed by atoms with Crippen LogP contribution in [-0.2, 0) is 6.54 Å². The van der Waals surface area contributed by atoms with Gasteiger partial charge < -0.3 is 10.5 Å². The highest BCUT2D eigenvalue weighted by Gasteiger charge is 2.09. The fourth-order valence-electron chi connectivity index (χ4n) is 1.43. The second-order valence-electron chi connectivity index (χ2n) is 3.65. The average Bonchev–Trinajstić information content (AvgIpc) is 2.34. The van der Waals surface area contributed by atoms with E-state index in [4.69, 9.17) is 22.1 Å². The maximum Gasteiger partial charge on any atom is 0.166 e.